The van der Waals surface area contributed by atoms with Crippen molar-refractivity contribution in [3.63, 3.8) is 0 Å². The summed E-state index contributed by atoms with van der Waals surface area (Å²) in [6.07, 6.45) is 1.37. The van der Waals surface area contributed by atoms with E-state index in [0.29, 0.717) is 5.41 Å². The van der Waals surface area contributed by atoms with Gasteiger partial charge in [-0.15, -0.1) is 0 Å². The minimum Gasteiger partial charge on any atom is -0.312 e. The largest absolute Gasteiger partial charge is 0.312 e. The summed E-state index contributed by atoms with van der Waals surface area (Å²) in [7, 11) is 0. The maximum atomic E-state index is 3.57. The number of benzene rings is 1. The molecular weight excluding hydrogens is 262 g/mol. The van der Waals surface area contributed by atoms with E-state index in [2.05, 4.69) is 60.2 Å². The second-order valence-corrected chi connectivity index (χ2v) is 6.46. The van der Waals surface area contributed by atoms with Crippen LogP contribution in [0.15, 0.2) is 22.7 Å². The van der Waals surface area contributed by atoms with Crippen molar-refractivity contribution in [1.82, 2.24) is 5.32 Å². The fourth-order valence-electron chi connectivity index (χ4n) is 2.06. The van der Waals surface area contributed by atoms with E-state index in [9.17, 15) is 0 Å². The summed E-state index contributed by atoms with van der Waals surface area (Å²) < 4.78 is 1.21. The van der Waals surface area contributed by atoms with Crippen molar-refractivity contribution in [2.75, 3.05) is 6.54 Å². The zero-order chi connectivity index (χ0) is 11.8. The number of hydrogen-bond donors (Lipinski definition) is 1. The van der Waals surface area contributed by atoms with Crippen LogP contribution in [0.5, 0.6) is 0 Å². The van der Waals surface area contributed by atoms with Crippen molar-refractivity contribution in [3.05, 3.63) is 33.8 Å². The Labute approximate surface area is 107 Å². The molecule has 0 saturated heterocycles. The number of aryl methyl sites for hydroxylation is 1. The van der Waals surface area contributed by atoms with Crippen LogP contribution >= 0.6 is 15.9 Å². The van der Waals surface area contributed by atoms with E-state index in [-0.39, 0.29) is 0 Å². The molecule has 1 atom stereocenters. The van der Waals surface area contributed by atoms with E-state index in [1.165, 1.54) is 22.0 Å². The highest BCUT2D eigenvalue weighted by Crippen LogP contribution is 2.50. The highest BCUT2D eigenvalue weighted by molar-refractivity contribution is 9.10. The molecule has 0 radical (unpaired) electrons. The van der Waals surface area contributed by atoms with Gasteiger partial charge in [-0.05, 0) is 48.4 Å². The van der Waals surface area contributed by atoms with E-state index >= 15 is 0 Å². The van der Waals surface area contributed by atoms with E-state index in [1.807, 2.05) is 0 Å². The molecule has 1 unspecified atom stereocenters. The Morgan fingerprint density at radius 3 is 2.69 bits per heavy atom. The van der Waals surface area contributed by atoms with E-state index in [4.69, 9.17) is 0 Å². The van der Waals surface area contributed by atoms with Crippen LogP contribution in [0.2, 0.25) is 0 Å². The van der Waals surface area contributed by atoms with Crippen molar-refractivity contribution < 1.29 is 0 Å². The Hall–Kier alpha value is -0.340. The first kappa shape index (κ1) is 12.1. The molecule has 1 saturated carbocycles. The van der Waals surface area contributed by atoms with Gasteiger partial charge >= 0.3 is 0 Å². The van der Waals surface area contributed by atoms with Gasteiger partial charge in [0, 0.05) is 11.0 Å². The number of hydrogen-bond acceptors (Lipinski definition) is 1. The van der Waals surface area contributed by atoms with Gasteiger partial charge in [-0.1, -0.05) is 41.9 Å². The van der Waals surface area contributed by atoms with Crippen LogP contribution in [0.3, 0.4) is 0 Å². The SMILES string of the molecule is Cc1ccc(CNCC2CC2(C)C)cc1Br. The molecule has 0 aromatic heterocycles. The maximum Gasteiger partial charge on any atom is 0.0207 e. The molecule has 0 heterocycles. The number of halogens is 1. The average Bonchev–Trinajstić information content (AvgIpc) is 2.80. The molecule has 2 rings (SSSR count). The van der Waals surface area contributed by atoms with Crippen LogP contribution in [-0.2, 0) is 6.54 Å². The molecule has 88 valence electrons. The Morgan fingerprint density at radius 1 is 1.44 bits per heavy atom. The van der Waals surface area contributed by atoms with Crippen molar-refractivity contribution >= 4 is 15.9 Å². The molecule has 1 N–H and O–H groups in total. The molecule has 1 aliphatic rings. The fraction of sp³-hybridized carbons (Fsp3) is 0.571. The van der Waals surface area contributed by atoms with Crippen molar-refractivity contribution in [2.45, 2.75) is 33.7 Å². The third kappa shape index (κ3) is 2.86. The number of nitrogens with one attached hydrogen (secondary N) is 1. The Bertz CT molecular complexity index is 384. The fourth-order valence-corrected chi connectivity index (χ4v) is 2.49. The third-order valence-electron chi connectivity index (χ3n) is 3.67. The minimum absolute atomic E-state index is 0.584. The van der Waals surface area contributed by atoms with Gasteiger partial charge < -0.3 is 5.32 Å². The van der Waals surface area contributed by atoms with Gasteiger partial charge in [-0.3, -0.25) is 0 Å². The van der Waals surface area contributed by atoms with Crippen LogP contribution < -0.4 is 5.32 Å². The summed E-state index contributed by atoms with van der Waals surface area (Å²) in [6.45, 7) is 8.95. The van der Waals surface area contributed by atoms with Crippen molar-refractivity contribution in [2.24, 2.45) is 11.3 Å². The zero-order valence-corrected chi connectivity index (χ0v) is 11.9. The quantitative estimate of drug-likeness (QED) is 0.883. The minimum atomic E-state index is 0.584. The molecule has 0 bridgehead atoms. The summed E-state index contributed by atoms with van der Waals surface area (Å²) in [5.41, 5.74) is 3.24. The first-order valence-electron chi connectivity index (χ1n) is 5.95. The lowest BCUT2D eigenvalue weighted by molar-refractivity contribution is 0.519. The second kappa shape index (κ2) is 4.50. The number of rotatable bonds is 4. The predicted molar refractivity (Wildman–Crippen MR) is 72.5 cm³/mol. The lowest BCUT2D eigenvalue weighted by Gasteiger charge is -2.07. The van der Waals surface area contributed by atoms with Gasteiger partial charge in [0.1, 0.15) is 0 Å². The van der Waals surface area contributed by atoms with Gasteiger partial charge in [0.05, 0.1) is 0 Å². The van der Waals surface area contributed by atoms with Gasteiger partial charge in [0.15, 0.2) is 0 Å². The molecule has 0 aliphatic heterocycles. The summed E-state index contributed by atoms with van der Waals surface area (Å²) in [6, 6.07) is 6.58. The van der Waals surface area contributed by atoms with Crippen LogP contribution in [0, 0.1) is 18.3 Å². The molecule has 16 heavy (non-hydrogen) atoms. The molecule has 0 spiro atoms. The van der Waals surface area contributed by atoms with Crippen molar-refractivity contribution in [3.8, 4) is 0 Å². The lowest BCUT2D eigenvalue weighted by atomic mass is 10.1. The zero-order valence-electron chi connectivity index (χ0n) is 10.3. The predicted octanol–water partition coefficient (Wildman–Crippen LogP) is 3.89. The Balaban J connectivity index is 1.79. The van der Waals surface area contributed by atoms with Crippen LogP contribution in [0.4, 0.5) is 0 Å². The standard InChI is InChI=1S/C14H20BrN/c1-10-4-5-11(6-13(10)15)8-16-9-12-7-14(12,2)3/h4-6,12,16H,7-9H2,1-3H3. The first-order chi connectivity index (χ1) is 7.49. The van der Waals surface area contributed by atoms with Crippen LogP contribution in [0.25, 0.3) is 0 Å². The molecule has 1 fully saturated rings. The summed E-state index contributed by atoms with van der Waals surface area (Å²) in [4.78, 5) is 0. The Morgan fingerprint density at radius 2 is 2.12 bits per heavy atom. The lowest BCUT2D eigenvalue weighted by Crippen LogP contribution is -2.18. The highest BCUT2D eigenvalue weighted by Gasteiger charge is 2.44. The summed E-state index contributed by atoms with van der Waals surface area (Å²) >= 11 is 3.57. The monoisotopic (exact) mass is 281 g/mol. The van der Waals surface area contributed by atoms with Crippen molar-refractivity contribution in [1.29, 1.82) is 0 Å². The van der Waals surface area contributed by atoms with Gasteiger partial charge in [0.2, 0.25) is 0 Å². The molecule has 1 aromatic rings. The second-order valence-electron chi connectivity index (χ2n) is 5.60. The van der Waals surface area contributed by atoms with Gasteiger partial charge in [-0.25, -0.2) is 0 Å². The molecule has 2 heteroatoms. The van der Waals surface area contributed by atoms with Crippen LogP contribution in [0.1, 0.15) is 31.4 Å². The third-order valence-corrected chi connectivity index (χ3v) is 4.53. The highest BCUT2D eigenvalue weighted by atomic mass is 79.9. The molecular formula is C14H20BrN. The van der Waals surface area contributed by atoms with Gasteiger partial charge in [-0.2, -0.15) is 0 Å². The molecule has 0 amide bonds. The molecule has 1 aliphatic carbocycles. The first-order valence-corrected chi connectivity index (χ1v) is 6.74. The molecule has 1 aromatic carbocycles. The summed E-state index contributed by atoms with van der Waals surface area (Å²) in [5, 5.41) is 3.55. The average molecular weight is 282 g/mol. The summed E-state index contributed by atoms with van der Waals surface area (Å²) in [5.74, 6) is 0.876. The Kier molecular flexibility index (Phi) is 3.41. The van der Waals surface area contributed by atoms with Gasteiger partial charge in [0.25, 0.3) is 0 Å². The normalized spacial score (nSPS) is 22.1. The van der Waals surface area contributed by atoms with Crippen LogP contribution in [-0.4, -0.2) is 6.54 Å². The topological polar surface area (TPSA) is 12.0 Å². The smallest absolute Gasteiger partial charge is 0.0207 e. The van der Waals surface area contributed by atoms with E-state index in [1.54, 1.807) is 0 Å². The van der Waals surface area contributed by atoms with E-state index < -0.39 is 0 Å². The van der Waals surface area contributed by atoms with E-state index in [0.717, 1.165) is 19.0 Å². The molecule has 1 nitrogen and oxygen atoms in total. The maximum absolute atomic E-state index is 3.57.